The van der Waals surface area contributed by atoms with E-state index in [-0.39, 0.29) is 17.3 Å². The number of hydrogen-bond acceptors (Lipinski definition) is 5. The van der Waals surface area contributed by atoms with E-state index < -0.39 is 28.9 Å². The van der Waals surface area contributed by atoms with E-state index in [0.717, 1.165) is 30.6 Å². The van der Waals surface area contributed by atoms with Crippen LogP contribution in [0, 0.1) is 17.0 Å². The number of urea groups is 1. The molecule has 9 nitrogen and oxygen atoms in total. The number of imide groups is 1. The first kappa shape index (κ1) is 18.8. The molecule has 1 saturated carbocycles. The molecular formula is C18H22N4O5. The zero-order chi connectivity index (χ0) is 19.6. The van der Waals surface area contributed by atoms with Gasteiger partial charge in [0.15, 0.2) is 0 Å². The molecular weight excluding hydrogens is 352 g/mol. The summed E-state index contributed by atoms with van der Waals surface area (Å²) in [6.45, 7) is 1.23. The molecule has 2 aliphatic rings. The standard InChI is InChI=1S/C18H22N4O5/c1-12-6-7-13(14(10-12)22(26)27)19-15(23)11-21-16(24)18(20-17(21)25)8-4-2-3-5-9-18/h6-7,10H,2-5,8-9,11H2,1H3,(H,19,23)(H,20,25). The highest BCUT2D eigenvalue weighted by Crippen LogP contribution is 2.32. The van der Waals surface area contributed by atoms with Crippen molar-refractivity contribution in [3.63, 3.8) is 0 Å². The summed E-state index contributed by atoms with van der Waals surface area (Å²) in [5.74, 6) is -1.04. The maximum Gasteiger partial charge on any atom is 0.325 e. The molecule has 0 aromatic heterocycles. The molecule has 1 aromatic carbocycles. The second-order valence-corrected chi connectivity index (χ2v) is 7.14. The molecule has 0 bridgehead atoms. The Morgan fingerprint density at radius 3 is 2.56 bits per heavy atom. The Morgan fingerprint density at radius 2 is 1.93 bits per heavy atom. The predicted octanol–water partition coefficient (Wildman–Crippen LogP) is 2.49. The van der Waals surface area contributed by atoms with Crippen molar-refractivity contribution in [1.82, 2.24) is 10.2 Å². The molecule has 1 aromatic rings. The number of aryl methyl sites for hydroxylation is 1. The number of amides is 4. The van der Waals surface area contributed by atoms with Gasteiger partial charge in [-0.2, -0.15) is 0 Å². The SMILES string of the molecule is Cc1ccc(NC(=O)CN2C(=O)NC3(CCCCCC3)C2=O)c([N+](=O)[O-])c1. The van der Waals surface area contributed by atoms with Crippen molar-refractivity contribution in [2.45, 2.75) is 51.0 Å². The van der Waals surface area contributed by atoms with Gasteiger partial charge in [-0.3, -0.25) is 24.6 Å². The number of carbonyl (C=O) groups excluding carboxylic acids is 3. The van der Waals surface area contributed by atoms with Gasteiger partial charge in [-0.15, -0.1) is 0 Å². The van der Waals surface area contributed by atoms with Crippen molar-refractivity contribution < 1.29 is 19.3 Å². The van der Waals surface area contributed by atoms with E-state index >= 15 is 0 Å². The lowest BCUT2D eigenvalue weighted by molar-refractivity contribution is -0.384. The van der Waals surface area contributed by atoms with Gasteiger partial charge in [0, 0.05) is 6.07 Å². The average Bonchev–Trinajstić information content (AvgIpc) is 2.79. The van der Waals surface area contributed by atoms with Crippen LogP contribution < -0.4 is 10.6 Å². The molecule has 1 aliphatic carbocycles. The van der Waals surface area contributed by atoms with Crippen molar-refractivity contribution in [3.8, 4) is 0 Å². The average molecular weight is 374 g/mol. The molecule has 9 heteroatoms. The highest BCUT2D eigenvalue weighted by Gasteiger charge is 2.51. The van der Waals surface area contributed by atoms with Crippen LogP contribution in [0.1, 0.15) is 44.1 Å². The number of nitrogens with one attached hydrogen (secondary N) is 2. The molecule has 1 saturated heterocycles. The predicted molar refractivity (Wildman–Crippen MR) is 97.1 cm³/mol. The summed E-state index contributed by atoms with van der Waals surface area (Å²) in [6, 6.07) is 3.83. The third-order valence-corrected chi connectivity index (χ3v) is 5.13. The van der Waals surface area contributed by atoms with Crippen molar-refractivity contribution in [2.75, 3.05) is 11.9 Å². The topological polar surface area (TPSA) is 122 Å². The van der Waals surface area contributed by atoms with Gasteiger partial charge in [0.25, 0.3) is 11.6 Å². The van der Waals surface area contributed by atoms with Crippen LogP contribution in [0.4, 0.5) is 16.2 Å². The van der Waals surface area contributed by atoms with Crippen molar-refractivity contribution in [1.29, 1.82) is 0 Å². The van der Waals surface area contributed by atoms with Crippen LogP contribution in [0.5, 0.6) is 0 Å². The molecule has 0 atom stereocenters. The summed E-state index contributed by atoms with van der Waals surface area (Å²) in [7, 11) is 0. The van der Waals surface area contributed by atoms with E-state index in [1.807, 2.05) is 0 Å². The third-order valence-electron chi connectivity index (χ3n) is 5.13. The molecule has 27 heavy (non-hydrogen) atoms. The molecule has 4 amide bonds. The number of nitrogens with zero attached hydrogens (tertiary/aromatic N) is 2. The Bertz CT molecular complexity index is 799. The van der Waals surface area contributed by atoms with Gasteiger partial charge in [0.2, 0.25) is 5.91 Å². The van der Waals surface area contributed by atoms with Crippen LogP contribution in [0.2, 0.25) is 0 Å². The molecule has 3 rings (SSSR count). The first-order valence-corrected chi connectivity index (χ1v) is 9.01. The summed E-state index contributed by atoms with van der Waals surface area (Å²) < 4.78 is 0. The number of rotatable bonds is 4. The van der Waals surface area contributed by atoms with Crippen LogP contribution in [0.3, 0.4) is 0 Å². The van der Waals surface area contributed by atoms with Gasteiger partial charge in [-0.1, -0.05) is 31.7 Å². The molecule has 0 radical (unpaired) electrons. The summed E-state index contributed by atoms with van der Waals surface area (Å²) in [5.41, 5.74) is -0.430. The number of hydrogen-bond donors (Lipinski definition) is 2. The number of anilines is 1. The lowest BCUT2D eigenvalue weighted by Crippen LogP contribution is -2.47. The highest BCUT2D eigenvalue weighted by atomic mass is 16.6. The molecule has 2 N–H and O–H groups in total. The Labute approximate surface area is 156 Å². The molecule has 144 valence electrons. The van der Waals surface area contributed by atoms with Gasteiger partial charge in [-0.25, -0.2) is 4.79 Å². The maximum atomic E-state index is 12.8. The summed E-state index contributed by atoms with van der Waals surface area (Å²) in [6.07, 6.45) is 4.87. The normalized spacial score (nSPS) is 18.9. The second kappa shape index (κ2) is 7.34. The zero-order valence-corrected chi connectivity index (χ0v) is 15.1. The van der Waals surface area contributed by atoms with Gasteiger partial charge < -0.3 is 10.6 Å². The number of nitro benzene ring substituents is 1. The van der Waals surface area contributed by atoms with Gasteiger partial charge in [0.05, 0.1) is 4.92 Å². The zero-order valence-electron chi connectivity index (χ0n) is 15.1. The fourth-order valence-corrected chi connectivity index (χ4v) is 3.72. The Morgan fingerprint density at radius 1 is 1.26 bits per heavy atom. The van der Waals surface area contributed by atoms with Crippen LogP contribution in [0.15, 0.2) is 18.2 Å². The lowest BCUT2D eigenvalue weighted by atomic mass is 9.90. The van der Waals surface area contributed by atoms with Gasteiger partial charge in [-0.05, 0) is 31.4 Å². The van der Waals surface area contributed by atoms with Crippen LogP contribution in [-0.2, 0) is 9.59 Å². The maximum absolute atomic E-state index is 12.8. The van der Waals surface area contributed by atoms with Crippen LogP contribution in [0.25, 0.3) is 0 Å². The quantitative estimate of drug-likeness (QED) is 0.476. The number of carbonyl (C=O) groups is 3. The van der Waals surface area contributed by atoms with E-state index in [2.05, 4.69) is 10.6 Å². The van der Waals surface area contributed by atoms with E-state index in [1.165, 1.54) is 12.1 Å². The van der Waals surface area contributed by atoms with Gasteiger partial charge >= 0.3 is 6.03 Å². The van der Waals surface area contributed by atoms with Crippen LogP contribution in [-0.4, -0.2) is 39.8 Å². The van der Waals surface area contributed by atoms with E-state index in [4.69, 9.17) is 0 Å². The summed E-state index contributed by atoms with van der Waals surface area (Å²) in [5, 5.41) is 16.4. The van der Waals surface area contributed by atoms with E-state index in [0.29, 0.717) is 18.4 Å². The summed E-state index contributed by atoms with van der Waals surface area (Å²) >= 11 is 0. The Balaban J connectivity index is 1.72. The Kier molecular flexibility index (Phi) is 5.11. The fourth-order valence-electron chi connectivity index (χ4n) is 3.72. The van der Waals surface area contributed by atoms with Gasteiger partial charge in [0.1, 0.15) is 17.8 Å². The number of benzene rings is 1. The second-order valence-electron chi connectivity index (χ2n) is 7.14. The third kappa shape index (κ3) is 3.76. The highest BCUT2D eigenvalue weighted by molar-refractivity contribution is 6.10. The lowest BCUT2D eigenvalue weighted by Gasteiger charge is -2.24. The smallest absolute Gasteiger partial charge is 0.323 e. The summed E-state index contributed by atoms with van der Waals surface area (Å²) in [4.78, 5) is 48.9. The molecule has 1 heterocycles. The number of nitro groups is 1. The van der Waals surface area contributed by atoms with Crippen molar-refractivity contribution >= 4 is 29.2 Å². The first-order chi connectivity index (χ1) is 12.8. The Hall–Kier alpha value is -2.97. The minimum Gasteiger partial charge on any atom is -0.323 e. The largest absolute Gasteiger partial charge is 0.325 e. The van der Waals surface area contributed by atoms with Crippen molar-refractivity contribution in [3.05, 3.63) is 33.9 Å². The molecule has 2 fully saturated rings. The molecule has 0 unspecified atom stereocenters. The molecule has 1 spiro atoms. The first-order valence-electron chi connectivity index (χ1n) is 9.01. The minimum atomic E-state index is -0.913. The minimum absolute atomic E-state index is 0.0341. The van der Waals surface area contributed by atoms with E-state index in [9.17, 15) is 24.5 Å². The van der Waals surface area contributed by atoms with Crippen molar-refractivity contribution in [2.24, 2.45) is 0 Å². The van der Waals surface area contributed by atoms with Crippen LogP contribution >= 0.6 is 0 Å². The molecule has 1 aliphatic heterocycles. The monoisotopic (exact) mass is 374 g/mol. The van der Waals surface area contributed by atoms with E-state index in [1.54, 1.807) is 13.0 Å². The fraction of sp³-hybridized carbons (Fsp3) is 0.500.